The lowest BCUT2D eigenvalue weighted by Gasteiger charge is -2.29. The average molecular weight is 438 g/mol. The molecular formula is C18H18Br2N2O. The Kier molecular flexibility index (Phi) is 5.38. The van der Waals surface area contributed by atoms with Crippen LogP contribution in [-0.2, 0) is 17.8 Å². The number of carbonyl (C=O) groups is 1. The number of benzene rings is 2. The zero-order valence-corrected chi connectivity index (χ0v) is 15.8. The van der Waals surface area contributed by atoms with Crippen LogP contribution in [0.25, 0.3) is 0 Å². The Hall–Kier alpha value is -1.33. The summed E-state index contributed by atoms with van der Waals surface area (Å²) in [6.07, 6.45) is 0.849. The van der Waals surface area contributed by atoms with Crippen molar-refractivity contribution in [2.24, 2.45) is 0 Å². The van der Waals surface area contributed by atoms with Crippen molar-refractivity contribution < 1.29 is 4.79 Å². The molecule has 120 valence electrons. The van der Waals surface area contributed by atoms with Gasteiger partial charge in [-0.1, -0.05) is 62.2 Å². The molecule has 0 aromatic heterocycles. The molecule has 2 aromatic carbocycles. The maximum Gasteiger partial charge on any atom is 0.233 e. The summed E-state index contributed by atoms with van der Waals surface area (Å²) in [7, 11) is 0. The van der Waals surface area contributed by atoms with E-state index in [2.05, 4.69) is 61.4 Å². The lowest BCUT2D eigenvalue weighted by atomic mass is 10.0. The molecule has 3 rings (SSSR count). The van der Waals surface area contributed by atoms with Crippen molar-refractivity contribution in [3.8, 4) is 0 Å². The topological polar surface area (TPSA) is 32.3 Å². The second-order valence-electron chi connectivity index (χ2n) is 5.68. The van der Waals surface area contributed by atoms with Gasteiger partial charge in [0.25, 0.3) is 0 Å². The Labute approximate surface area is 153 Å². The van der Waals surface area contributed by atoms with Crippen molar-refractivity contribution in [1.29, 1.82) is 0 Å². The molecule has 0 spiro atoms. The number of alkyl halides is 1. The highest BCUT2D eigenvalue weighted by Gasteiger charge is 2.27. The number of carbonyl (C=O) groups excluding carboxylic acids is 1. The summed E-state index contributed by atoms with van der Waals surface area (Å²) >= 11 is 6.84. The van der Waals surface area contributed by atoms with Gasteiger partial charge in [-0.05, 0) is 35.7 Å². The minimum atomic E-state index is 0.126. The number of rotatable bonds is 3. The van der Waals surface area contributed by atoms with Crippen LogP contribution in [0.2, 0.25) is 0 Å². The smallest absolute Gasteiger partial charge is 0.233 e. The molecule has 1 heterocycles. The number of nitrogens with one attached hydrogen (secondary N) is 1. The highest BCUT2D eigenvalue weighted by atomic mass is 79.9. The van der Waals surface area contributed by atoms with E-state index in [1.807, 2.05) is 29.2 Å². The van der Waals surface area contributed by atoms with Gasteiger partial charge < -0.3 is 10.2 Å². The fourth-order valence-electron chi connectivity index (χ4n) is 2.95. The van der Waals surface area contributed by atoms with Crippen LogP contribution < -0.4 is 5.32 Å². The minimum absolute atomic E-state index is 0.126. The summed E-state index contributed by atoms with van der Waals surface area (Å²) in [5.41, 5.74) is 3.50. The van der Waals surface area contributed by atoms with Crippen LogP contribution in [0.1, 0.15) is 11.1 Å². The minimum Gasteiger partial charge on any atom is -0.383 e. The van der Waals surface area contributed by atoms with Crippen LogP contribution >= 0.6 is 31.9 Å². The van der Waals surface area contributed by atoms with E-state index in [1.54, 1.807) is 0 Å². The Morgan fingerprint density at radius 3 is 2.74 bits per heavy atom. The number of nitrogens with zero attached hydrogens (tertiary/aromatic N) is 1. The largest absolute Gasteiger partial charge is 0.383 e. The van der Waals surface area contributed by atoms with Gasteiger partial charge in [-0.2, -0.15) is 0 Å². The maximum absolute atomic E-state index is 12.5. The first kappa shape index (κ1) is 16.5. The lowest BCUT2D eigenvalue weighted by Crippen LogP contribution is -2.44. The van der Waals surface area contributed by atoms with Crippen LogP contribution in [-0.4, -0.2) is 28.7 Å². The van der Waals surface area contributed by atoms with Crippen molar-refractivity contribution in [2.75, 3.05) is 17.2 Å². The standard InChI is InChI=1S/C18H18Br2N2O/c19-10-18(23)22-12-14-9-15(20)6-7-17(14)21-11-16(22)8-13-4-2-1-3-5-13/h1-7,9,16,21H,8,10-12H2. The van der Waals surface area contributed by atoms with Crippen molar-refractivity contribution in [3.05, 3.63) is 64.1 Å². The first-order chi connectivity index (χ1) is 11.2. The van der Waals surface area contributed by atoms with Gasteiger partial charge in [0.15, 0.2) is 0 Å². The maximum atomic E-state index is 12.5. The molecule has 1 aliphatic heterocycles. The number of anilines is 1. The first-order valence-corrected chi connectivity index (χ1v) is 9.50. The van der Waals surface area contributed by atoms with Crippen molar-refractivity contribution in [3.63, 3.8) is 0 Å². The molecular weight excluding hydrogens is 420 g/mol. The molecule has 0 bridgehead atoms. The van der Waals surface area contributed by atoms with Crippen LogP contribution in [0.4, 0.5) is 5.69 Å². The van der Waals surface area contributed by atoms with Crippen molar-refractivity contribution in [1.82, 2.24) is 4.90 Å². The average Bonchev–Trinajstić information content (AvgIpc) is 2.74. The predicted octanol–water partition coefficient (Wildman–Crippen LogP) is 4.21. The molecule has 1 unspecified atom stereocenters. The normalized spacial score (nSPS) is 17.1. The van der Waals surface area contributed by atoms with E-state index in [0.29, 0.717) is 11.9 Å². The van der Waals surface area contributed by atoms with Gasteiger partial charge in [-0.3, -0.25) is 4.79 Å². The molecule has 1 atom stereocenters. The van der Waals surface area contributed by atoms with Gasteiger partial charge in [-0.25, -0.2) is 0 Å². The quantitative estimate of drug-likeness (QED) is 0.729. The molecule has 1 amide bonds. The zero-order chi connectivity index (χ0) is 16.2. The van der Waals surface area contributed by atoms with Crippen molar-refractivity contribution in [2.45, 2.75) is 19.0 Å². The number of amides is 1. The molecule has 0 radical (unpaired) electrons. The van der Waals surface area contributed by atoms with Gasteiger partial charge in [0, 0.05) is 23.2 Å². The van der Waals surface area contributed by atoms with Crippen LogP contribution in [0.15, 0.2) is 53.0 Å². The number of fused-ring (bicyclic) bond motifs is 1. The van der Waals surface area contributed by atoms with E-state index >= 15 is 0 Å². The summed E-state index contributed by atoms with van der Waals surface area (Å²) in [6.45, 7) is 1.38. The molecule has 0 fully saturated rings. The second-order valence-corrected chi connectivity index (χ2v) is 7.16. The van der Waals surface area contributed by atoms with E-state index in [9.17, 15) is 4.79 Å². The van der Waals surface area contributed by atoms with Crippen LogP contribution in [0.3, 0.4) is 0 Å². The second kappa shape index (κ2) is 7.49. The van der Waals surface area contributed by atoms with E-state index in [4.69, 9.17) is 0 Å². The number of halogens is 2. The van der Waals surface area contributed by atoms with E-state index in [0.717, 1.165) is 28.7 Å². The third-order valence-electron chi connectivity index (χ3n) is 4.13. The SMILES string of the molecule is O=C(CBr)N1Cc2cc(Br)ccc2NCC1Cc1ccccc1. The van der Waals surface area contributed by atoms with Gasteiger partial charge in [0.1, 0.15) is 0 Å². The van der Waals surface area contributed by atoms with Crippen LogP contribution in [0, 0.1) is 0 Å². The fraction of sp³-hybridized carbons (Fsp3) is 0.278. The zero-order valence-electron chi connectivity index (χ0n) is 12.6. The summed E-state index contributed by atoms with van der Waals surface area (Å²) in [6, 6.07) is 16.7. The molecule has 3 nitrogen and oxygen atoms in total. The highest BCUT2D eigenvalue weighted by Crippen LogP contribution is 2.27. The number of hydrogen-bond acceptors (Lipinski definition) is 2. The number of hydrogen-bond donors (Lipinski definition) is 1. The molecule has 1 aliphatic rings. The molecule has 0 saturated heterocycles. The van der Waals surface area contributed by atoms with E-state index in [1.165, 1.54) is 5.56 Å². The molecule has 0 aliphatic carbocycles. The summed E-state index contributed by atoms with van der Waals surface area (Å²) in [4.78, 5) is 14.4. The van der Waals surface area contributed by atoms with Gasteiger partial charge in [-0.15, -0.1) is 0 Å². The Morgan fingerprint density at radius 2 is 2.00 bits per heavy atom. The third kappa shape index (κ3) is 3.96. The van der Waals surface area contributed by atoms with Crippen molar-refractivity contribution >= 4 is 43.5 Å². The monoisotopic (exact) mass is 436 g/mol. The first-order valence-electron chi connectivity index (χ1n) is 7.59. The Bertz CT molecular complexity index is 691. The Balaban J connectivity index is 1.88. The molecule has 23 heavy (non-hydrogen) atoms. The molecule has 5 heteroatoms. The van der Waals surface area contributed by atoms with E-state index in [-0.39, 0.29) is 11.9 Å². The van der Waals surface area contributed by atoms with E-state index < -0.39 is 0 Å². The molecule has 0 saturated carbocycles. The van der Waals surface area contributed by atoms with Crippen LogP contribution in [0.5, 0.6) is 0 Å². The highest BCUT2D eigenvalue weighted by molar-refractivity contribution is 9.10. The van der Waals surface area contributed by atoms with Gasteiger partial charge >= 0.3 is 0 Å². The molecule has 2 aromatic rings. The summed E-state index contributed by atoms with van der Waals surface area (Å²) < 4.78 is 1.03. The summed E-state index contributed by atoms with van der Waals surface area (Å²) in [5.74, 6) is 0.126. The fourth-order valence-corrected chi connectivity index (χ4v) is 3.68. The third-order valence-corrected chi connectivity index (χ3v) is 5.10. The Morgan fingerprint density at radius 1 is 1.22 bits per heavy atom. The molecule has 1 N–H and O–H groups in total. The van der Waals surface area contributed by atoms with Gasteiger partial charge in [0.05, 0.1) is 11.4 Å². The van der Waals surface area contributed by atoms with Gasteiger partial charge in [0.2, 0.25) is 5.91 Å². The summed E-state index contributed by atoms with van der Waals surface area (Å²) in [5, 5.41) is 3.85. The lowest BCUT2D eigenvalue weighted by molar-refractivity contribution is -0.130. The predicted molar refractivity (Wildman–Crippen MR) is 101 cm³/mol.